The number of aliphatic hydroxyl groups is 3. The van der Waals surface area contributed by atoms with E-state index in [2.05, 4.69) is 16.0 Å². The quantitative estimate of drug-likeness (QED) is 0.0115. The minimum absolute atomic E-state index is 0.00913. The molecule has 0 aromatic rings. The fourth-order valence-electron chi connectivity index (χ4n) is 7.31. The number of aliphatic hydroxyl groups excluding tert-OH is 3. The molecule has 0 bridgehead atoms. The van der Waals surface area contributed by atoms with Gasteiger partial charge >= 0.3 is 12.2 Å². The van der Waals surface area contributed by atoms with Gasteiger partial charge in [-0.25, -0.2) is 19.8 Å². The van der Waals surface area contributed by atoms with E-state index in [1.165, 1.54) is 18.9 Å². The van der Waals surface area contributed by atoms with Crippen LogP contribution in [-0.2, 0) is 43.1 Å². The molecule has 1 aliphatic heterocycles. The maximum Gasteiger partial charge on any atom is 0.338 e. The number of imide groups is 1. The van der Waals surface area contributed by atoms with Crippen molar-refractivity contribution in [2.75, 3.05) is 52.9 Å². The molecule has 5 atom stereocenters. The zero-order valence-corrected chi connectivity index (χ0v) is 39.2. The van der Waals surface area contributed by atoms with Crippen molar-refractivity contribution >= 4 is 41.4 Å². The zero-order chi connectivity index (χ0) is 49.1. The lowest BCUT2D eigenvalue weighted by Crippen LogP contribution is -2.44. The normalized spacial score (nSPS) is 19.1. The van der Waals surface area contributed by atoms with Crippen LogP contribution in [0.4, 0.5) is 0 Å². The van der Waals surface area contributed by atoms with E-state index >= 15 is 0 Å². The van der Waals surface area contributed by atoms with Crippen LogP contribution in [0, 0.1) is 10.3 Å². The Morgan fingerprint density at radius 3 is 2.05 bits per heavy atom. The van der Waals surface area contributed by atoms with E-state index in [4.69, 9.17) is 9.57 Å². The third-order valence-corrected chi connectivity index (χ3v) is 11.7. The van der Waals surface area contributed by atoms with Gasteiger partial charge in [0.15, 0.2) is 6.54 Å². The van der Waals surface area contributed by atoms with Crippen LogP contribution in [0.25, 0.3) is 0 Å². The van der Waals surface area contributed by atoms with Crippen molar-refractivity contribution in [3.8, 4) is 0 Å². The Labute approximate surface area is 387 Å². The highest BCUT2D eigenvalue weighted by atomic mass is 16.7. The summed E-state index contributed by atoms with van der Waals surface area (Å²) in [4.78, 5) is 103. The Morgan fingerprint density at radius 1 is 0.788 bits per heavy atom. The molecule has 378 valence electrons. The number of hydroxylamine groups is 6. The Balaban J connectivity index is 1.48. The fraction of sp³-hybridized carbons (Fsp3) is 0.837. The second kappa shape index (κ2) is 31.7. The second-order valence-electron chi connectivity index (χ2n) is 17.5. The summed E-state index contributed by atoms with van der Waals surface area (Å²) >= 11 is 0. The van der Waals surface area contributed by atoms with Gasteiger partial charge in [0.25, 0.3) is 11.8 Å². The van der Waals surface area contributed by atoms with E-state index in [9.17, 15) is 64.2 Å². The molecule has 8 N–H and O–H groups in total. The lowest BCUT2D eigenvalue weighted by molar-refractivity contribution is -0.628. The summed E-state index contributed by atoms with van der Waals surface area (Å²) in [6.45, 7) is 4.41. The molecule has 2 aliphatic rings. The molecule has 0 aromatic carbocycles. The van der Waals surface area contributed by atoms with Crippen LogP contribution in [-0.4, -0.2) is 170 Å². The number of carbonyl (C=O) groups is 7. The van der Waals surface area contributed by atoms with Crippen molar-refractivity contribution in [2.45, 2.75) is 174 Å². The molecule has 23 nitrogen and oxygen atoms in total. The zero-order valence-electron chi connectivity index (χ0n) is 39.2. The molecule has 2 rings (SSSR count). The number of nitrogens with zero attached hydrogens (tertiary/aromatic N) is 5. The Kier molecular flexibility index (Phi) is 27.8. The fourth-order valence-corrected chi connectivity index (χ4v) is 7.31. The Bertz CT molecular complexity index is 1540. The number of amides is 6. The third-order valence-electron chi connectivity index (χ3n) is 11.7. The van der Waals surface area contributed by atoms with Crippen molar-refractivity contribution in [2.24, 2.45) is 5.41 Å². The number of unbranched alkanes of at least 4 members (excludes halogenated alkanes) is 6. The molecule has 2 fully saturated rings. The first-order valence-electron chi connectivity index (χ1n) is 23.5. The van der Waals surface area contributed by atoms with Gasteiger partial charge in [-0.1, -0.05) is 19.3 Å². The number of nitrogens with one attached hydrogen (secondary N) is 3. The van der Waals surface area contributed by atoms with Gasteiger partial charge < -0.3 is 35.5 Å². The van der Waals surface area contributed by atoms with Gasteiger partial charge in [-0.05, 0) is 97.6 Å². The molecule has 0 radical (unpaired) electrons. The van der Waals surface area contributed by atoms with Crippen molar-refractivity contribution in [1.82, 2.24) is 36.0 Å². The SMILES string of the molecule is CC(=O)N(O)CCCCCNC(=O)CCC(=O)N(O)CCCCCNC(O)CCC(O)[N+](=O)CCCCCNC(=O)CN(C)C(O)O[C@@H]1CCCC[C@](C)(C(=O)ON2C(=O)CCC2=O)CC1. The van der Waals surface area contributed by atoms with Crippen molar-refractivity contribution in [3.05, 3.63) is 4.91 Å². The monoisotopic (exact) mass is 946 g/mol. The maximum atomic E-state index is 13.0. The van der Waals surface area contributed by atoms with E-state index in [1.807, 2.05) is 0 Å². The van der Waals surface area contributed by atoms with Crippen LogP contribution >= 0.6 is 0 Å². The number of hydrogen-bond donors (Lipinski definition) is 8. The summed E-state index contributed by atoms with van der Waals surface area (Å²) in [5.41, 5.74) is -0.945. The van der Waals surface area contributed by atoms with E-state index in [0.717, 1.165) is 6.42 Å². The highest BCUT2D eigenvalue weighted by Gasteiger charge is 2.41. The molecular weight excluding hydrogens is 869 g/mol. The van der Waals surface area contributed by atoms with E-state index < -0.39 is 60.0 Å². The molecule has 1 aliphatic carbocycles. The average molecular weight is 946 g/mol. The number of likely N-dealkylation sites (N-methyl/N-ethyl adjacent to an activating group) is 1. The smallest absolute Gasteiger partial charge is 0.338 e. The predicted octanol–water partition coefficient (Wildman–Crippen LogP) is 1.31. The predicted molar refractivity (Wildman–Crippen MR) is 234 cm³/mol. The van der Waals surface area contributed by atoms with Gasteiger partial charge in [0, 0.05) is 81.3 Å². The first-order chi connectivity index (χ1) is 31.3. The molecule has 3 unspecified atom stereocenters. The minimum atomic E-state index is -1.38. The summed E-state index contributed by atoms with van der Waals surface area (Å²) in [6, 6.07) is 0. The van der Waals surface area contributed by atoms with Gasteiger partial charge in [0.2, 0.25) is 30.0 Å². The van der Waals surface area contributed by atoms with E-state index in [1.54, 1.807) is 6.92 Å². The third kappa shape index (κ3) is 23.5. The number of rotatable bonds is 33. The molecule has 23 heteroatoms. The summed E-state index contributed by atoms with van der Waals surface area (Å²) in [7, 11) is 1.54. The minimum Gasteiger partial charge on any atom is -0.379 e. The van der Waals surface area contributed by atoms with Gasteiger partial charge in [0.05, 0.1) is 18.1 Å². The van der Waals surface area contributed by atoms with Crippen LogP contribution in [0.2, 0.25) is 0 Å². The lowest BCUT2D eigenvalue weighted by atomic mass is 9.77. The van der Waals surface area contributed by atoms with Crippen molar-refractivity contribution in [3.63, 3.8) is 0 Å². The van der Waals surface area contributed by atoms with E-state index in [0.29, 0.717) is 129 Å². The molecule has 66 heavy (non-hydrogen) atoms. The van der Waals surface area contributed by atoms with Crippen molar-refractivity contribution in [1.29, 1.82) is 0 Å². The summed E-state index contributed by atoms with van der Waals surface area (Å²) in [5.74, 6) is -3.38. The van der Waals surface area contributed by atoms with Crippen LogP contribution in [0.5, 0.6) is 0 Å². The first-order valence-corrected chi connectivity index (χ1v) is 23.5. The molecule has 1 saturated heterocycles. The lowest BCUT2D eigenvalue weighted by Gasteiger charge is -2.34. The van der Waals surface area contributed by atoms with E-state index in [-0.39, 0.29) is 76.5 Å². The highest BCUT2D eigenvalue weighted by Crippen LogP contribution is 2.36. The Hall–Kier alpha value is -4.23. The van der Waals surface area contributed by atoms with Crippen LogP contribution in [0.15, 0.2) is 0 Å². The van der Waals surface area contributed by atoms with Crippen LogP contribution in [0.3, 0.4) is 0 Å². The topological polar surface area (TPSA) is 308 Å². The maximum absolute atomic E-state index is 13.0. The Morgan fingerprint density at radius 2 is 1.39 bits per heavy atom. The number of nitroso groups, excluding NO2 is 1. The number of ether oxygens (including phenoxy) is 1. The van der Waals surface area contributed by atoms with Gasteiger partial charge in [-0.15, -0.1) is 5.06 Å². The largest absolute Gasteiger partial charge is 0.379 e. The van der Waals surface area contributed by atoms with Crippen molar-refractivity contribution < 1.29 is 73.6 Å². The molecule has 1 heterocycles. The first kappa shape index (κ1) is 57.9. The molecule has 0 aromatic heterocycles. The average Bonchev–Trinajstić information content (AvgIpc) is 3.59. The number of carbonyl (C=O) groups excluding carboxylic acids is 7. The standard InChI is InChI=1S/C43H76N8O15/c1-32(52)48(62)28-12-4-9-25-44-34(53)16-18-37(56)49(63)29-13-5-10-26-45-35(54)17-19-38(57)50(64)30-14-6-11-27-46-36(55)31-47(3)42(61)65-33-15-7-8-23-43(2,24-22-33)41(60)66-51-39(58)20-21-40(51)59/h33,35,38,42,45,54,57,61-63H,4-31H2,1-3H3,(H-,44,46,53,55)/p+1/t33-,35?,38?,42?,43+/m1/s1. The van der Waals surface area contributed by atoms with Crippen LogP contribution < -0.4 is 16.0 Å². The summed E-state index contributed by atoms with van der Waals surface area (Å²) in [5, 5.41) is 60.7. The molecule has 0 spiro atoms. The van der Waals surface area contributed by atoms with Gasteiger partial charge in [0.1, 0.15) is 6.23 Å². The van der Waals surface area contributed by atoms with Gasteiger partial charge in [-0.3, -0.25) is 44.5 Å². The summed E-state index contributed by atoms with van der Waals surface area (Å²) < 4.78 is 6.42. The highest BCUT2D eigenvalue weighted by molar-refractivity contribution is 6.01. The second-order valence-corrected chi connectivity index (χ2v) is 17.5. The van der Waals surface area contributed by atoms with Gasteiger partial charge in [-0.2, -0.15) is 0 Å². The molecular formula is C43H77N8O15+. The summed E-state index contributed by atoms with van der Waals surface area (Å²) in [6.07, 6.45) is 4.67. The van der Waals surface area contributed by atoms with Crippen LogP contribution in [0.1, 0.15) is 149 Å². The molecule has 6 amide bonds. The number of hydrogen-bond acceptors (Lipinski definition) is 17. The molecule has 1 saturated carbocycles.